The number of amides is 1. The smallest absolute Gasteiger partial charge is 0.254 e. The van der Waals surface area contributed by atoms with Gasteiger partial charge in [0.15, 0.2) is 0 Å². The maximum Gasteiger partial charge on any atom is 0.254 e. The number of aromatic amines is 1. The fraction of sp³-hybridized carbons (Fsp3) is 0.318. The molecule has 0 saturated carbocycles. The van der Waals surface area contributed by atoms with E-state index in [1.54, 1.807) is 0 Å². The molecule has 0 aliphatic carbocycles. The van der Waals surface area contributed by atoms with E-state index in [2.05, 4.69) is 47.1 Å². The van der Waals surface area contributed by atoms with E-state index in [0.717, 1.165) is 49.1 Å². The summed E-state index contributed by atoms with van der Waals surface area (Å²) in [5.74, 6) is 0.144. The van der Waals surface area contributed by atoms with E-state index in [-0.39, 0.29) is 5.91 Å². The topological polar surface area (TPSA) is 39.3 Å². The standard InChI is InChI=1S/C22H25N3O/c1-17(16-18-6-3-2-4-7-18)24-12-14-25(15-13-24)22(26)20-8-5-9-21-19(20)10-11-23-21/h2-11,17,23H,12-16H2,1H3. The summed E-state index contributed by atoms with van der Waals surface area (Å²) in [5.41, 5.74) is 3.19. The highest BCUT2D eigenvalue weighted by atomic mass is 16.2. The molecule has 0 bridgehead atoms. The molecule has 1 saturated heterocycles. The quantitative estimate of drug-likeness (QED) is 0.784. The van der Waals surface area contributed by atoms with Gasteiger partial charge in [0.25, 0.3) is 5.91 Å². The fourth-order valence-corrected chi connectivity index (χ4v) is 3.89. The summed E-state index contributed by atoms with van der Waals surface area (Å²) in [6.45, 7) is 5.73. The predicted octanol–water partition coefficient (Wildman–Crippen LogP) is 3.56. The zero-order valence-electron chi connectivity index (χ0n) is 15.2. The molecule has 1 N–H and O–H groups in total. The SMILES string of the molecule is CC(Cc1ccccc1)N1CCN(C(=O)c2cccc3[nH]ccc23)CC1. The molecule has 2 heterocycles. The molecule has 1 aliphatic heterocycles. The second kappa shape index (κ2) is 7.34. The molecule has 1 aromatic heterocycles. The number of nitrogens with zero attached hydrogens (tertiary/aromatic N) is 2. The van der Waals surface area contributed by atoms with Crippen LogP contribution in [0.5, 0.6) is 0 Å². The highest BCUT2D eigenvalue weighted by Crippen LogP contribution is 2.20. The van der Waals surface area contributed by atoms with Gasteiger partial charge in [0, 0.05) is 54.9 Å². The van der Waals surface area contributed by atoms with Gasteiger partial charge in [-0.3, -0.25) is 9.69 Å². The minimum absolute atomic E-state index is 0.144. The maximum absolute atomic E-state index is 13.0. The summed E-state index contributed by atoms with van der Waals surface area (Å²) in [5, 5.41) is 1.01. The van der Waals surface area contributed by atoms with E-state index >= 15 is 0 Å². The molecular formula is C22H25N3O. The van der Waals surface area contributed by atoms with Gasteiger partial charge in [-0.1, -0.05) is 36.4 Å². The fourth-order valence-electron chi connectivity index (χ4n) is 3.89. The highest BCUT2D eigenvalue weighted by molar-refractivity contribution is 6.06. The molecule has 4 rings (SSSR count). The number of carbonyl (C=O) groups is 1. The molecule has 0 radical (unpaired) electrons. The number of fused-ring (bicyclic) bond motifs is 1. The molecule has 3 aromatic rings. The van der Waals surface area contributed by atoms with Crippen LogP contribution >= 0.6 is 0 Å². The summed E-state index contributed by atoms with van der Waals surface area (Å²) < 4.78 is 0. The van der Waals surface area contributed by atoms with Crippen LogP contribution in [0, 0.1) is 0 Å². The Labute approximate surface area is 154 Å². The lowest BCUT2D eigenvalue weighted by Crippen LogP contribution is -2.51. The van der Waals surface area contributed by atoms with Gasteiger partial charge in [-0.15, -0.1) is 0 Å². The van der Waals surface area contributed by atoms with Crippen LogP contribution in [0.25, 0.3) is 10.9 Å². The van der Waals surface area contributed by atoms with Crippen LogP contribution in [-0.2, 0) is 6.42 Å². The number of H-pyrrole nitrogens is 1. The van der Waals surface area contributed by atoms with Crippen LogP contribution in [0.2, 0.25) is 0 Å². The van der Waals surface area contributed by atoms with Gasteiger partial charge in [-0.2, -0.15) is 0 Å². The highest BCUT2D eigenvalue weighted by Gasteiger charge is 2.25. The van der Waals surface area contributed by atoms with Crippen LogP contribution in [0.15, 0.2) is 60.8 Å². The van der Waals surface area contributed by atoms with Gasteiger partial charge in [0.1, 0.15) is 0 Å². The number of hydrogen-bond donors (Lipinski definition) is 1. The van der Waals surface area contributed by atoms with E-state index in [1.807, 2.05) is 35.4 Å². The normalized spacial score (nSPS) is 16.7. The zero-order valence-corrected chi connectivity index (χ0v) is 15.2. The monoisotopic (exact) mass is 347 g/mol. The van der Waals surface area contributed by atoms with Crippen LogP contribution in [0.1, 0.15) is 22.8 Å². The van der Waals surface area contributed by atoms with Crippen LogP contribution in [-0.4, -0.2) is 52.9 Å². The average Bonchev–Trinajstić information content (AvgIpc) is 3.17. The van der Waals surface area contributed by atoms with Crippen molar-refractivity contribution in [3.05, 3.63) is 71.9 Å². The summed E-state index contributed by atoms with van der Waals surface area (Å²) in [6.07, 6.45) is 2.95. The Hall–Kier alpha value is -2.59. The first-order valence-electron chi connectivity index (χ1n) is 9.36. The first-order valence-corrected chi connectivity index (χ1v) is 9.36. The van der Waals surface area contributed by atoms with Crippen molar-refractivity contribution in [1.82, 2.24) is 14.8 Å². The van der Waals surface area contributed by atoms with Crippen molar-refractivity contribution in [2.75, 3.05) is 26.2 Å². The predicted molar refractivity (Wildman–Crippen MR) is 105 cm³/mol. The first-order chi connectivity index (χ1) is 12.7. The maximum atomic E-state index is 13.0. The largest absolute Gasteiger partial charge is 0.361 e. The molecular weight excluding hydrogens is 322 g/mol. The van der Waals surface area contributed by atoms with Crippen molar-refractivity contribution in [1.29, 1.82) is 0 Å². The molecule has 26 heavy (non-hydrogen) atoms. The third kappa shape index (κ3) is 3.37. The number of benzene rings is 2. The number of carbonyl (C=O) groups excluding carboxylic acids is 1. The summed E-state index contributed by atoms with van der Waals surface area (Å²) in [6, 6.07) is 19.0. The average molecular weight is 347 g/mol. The lowest BCUT2D eigenvalue weighted by molar-refractivity contribution is 0.0584. The Morgan fingerprint density at radius 1 is 1.00 bits per heavy atom. The number of nitrogens with one attached hydrogen (secondary N) is 1. The van der Waals surface area contributed by atoms with Gasteiger partial charge in [-0.05, 0) is 37.1 Å². The lowest BCUT2D eigenvalue weighted by Gasteiger charge is -2.38. The molecule has 1 amide bonds. The van der Waals surface area contributed by atoms with Crippen molar-refractivity contribution in [2.24, 2.45) is 0 Å². The summed E-state index contributed by atoms with van der Waals surface area (Å²) in [4.78, 5) is 20.6. The Morgan fingerprint density at radius 3 is 2.54 bits per heavy atom. The van der Waals surface area contributed by atoms with Crippen LogP contribution < -0.4 is 0 Å². The molecule has 4 nitrogen and oxygen atoms in total. The zero-order chi connectivity index (χ0) is 17.9. The molecule has 1 unspecified atom stereocenters. The van der Waals surface area contributed by atoms with E-state index < -0.39 is 0 Å². The van der Waals surface area contributed by atoms with Crippen LogP contribution in [0.3, 0.4) is 0 Å². The Bertz CT molecular complexity index is 879. The van der Waals surface area contributed by atoms with Gasteiger partial charge >= 0.3 is 0 Å². The third-order valence-electron chi connectivity index (χ3n) is 5.42. The minimum atomic E-state index is 0.144. The van der Waals surface area contributed by atoms with Crippen molar-refractivity contribution in [2.45, 2.75) is 19.4 Å². The van der Waals surface area contributed by atoms with E-state index in [9.17, 15) is 4.79 Å². The third-order valence-corrected chi connectivity index (χ3v) is 5.42. The summed E-state index contributed by atoms with van der Waals surface area (Å²) >= 11 is 0. The van der Waals surface area contributed by atoms with Gasteiger partial charge in [-0.25, -0.2) is 0 Å². The molecule has 1 aliphatic rings. The van der Waals surface area contributed by atoms with Crippen LogP contribution in [0.4, 0.5) is 0 Å². The first kappa shape index (κ1) is 16.9. The second-order valence-corrected chi connectivity index (χ2v) is 7.11. The molecule has 2 aromatic carbocycles. The number of rotatable bonds is 4. The van der Waals surface area contributed by atoms with Gasteiger partial charge in [0.2, 0.25) is 0 Å². The van der Waals surface area contributed by atoms with Gasteiger partial charge in [0.05, 0.1) is 0 Å². The number of aromatic nitrogens is 1. The van der Waals surface area contributed by atoms with Crippen molar-refractivity contribution < 1.29 is 4.79 Å². The Kier molecular flexibility index (Phi) is 4.76. The van der Waals surface area contributed by atoms with E-state index in [4.69, 9.17) is 0 Å². The van der Waals surface area contributed by atoms with Crippen molar-refractivity contribution in [3.63, 3.8) is 0 Å². The second-order valence-electron chi connectivity index (χ2n) is 7.11. The Morgan fingerprint density at radius 2 is 1.77 bits per heavy atom. The molecule has 0 spiro atoms. The Balaban J connectivity index is 1.39. The number of hydrogen-bond acceptors (Lipinski definition) is 2. The molecule has 134 valence electrons. The number of piperazine rings is 1. The molecule has 4 heteroatoms. The van der Waals surface area contributed by atoms with E-state index in [1.165, 1.54) is 5.56 Å². The minimum Gasteiger partial charge on any atom is -0.361 e. The van der Waals surface area contributed by atoms with Gasteiger partial charge < -0.3 is 9.88 Å². The molecule has 1 atom stereocenters. The van der Waals surface area contributed by atoms with Crippen molar-refractivity contribution >= 4 is 16.8 Å². The lowest BCUT2D eigenvalue weighted by atomic mass is 10.0. The van der Waals surface area contributed by atoms with E-state index in [0.29, 0.717) is 6.04 Å². The summed E-state index contributed by atoms with van der Waals surface area (Å²) in [7, 11) is 0. The molecule has 1 fully saturated rings. The van der Waals surface area contributed by atoms with Crippen molar-refractivity contribution in [3.8, 4) is 0 Å².